The number of thiophene rings is 1. The summed E-state index contributed by atoms with van der Waals surface area (Å²) in [7, 11) is 0. The number of amides is 1. The van der Waals surface area contributed by atoms with Crippen molar-refractivity contribution in [3.8, 4) is 22.6 Å². The zero-order valence-corrected chi connectivity index (χ0v) is 16.5. The van der Waals surface area contributed by atoms with Gasteiger partial charge in [0.05, 0.1) is 6.04 Å². The molecule has 1 aliphatic rings. The van der Waals surface area contributed by atoms with Crippen LogP contribution in [0.25, 0.3) is 11.1 Å². The van der Waals surface area contributed by atoms with E-state index >= 15 is 0 Å². The molecule has 0 fully saturated rings. The molecule has 1 unspecified atom stereocenters. The Morgan fingerprint density at radius 2 is 1.90 bits per heavy atom. The molecule has 4 rings (SSSR count). The quantitative estimate of drug-likeness (QED) is 0.619. The van der Waals surface area contributed by atoms with Crippen LogP contribution in [0, 0.1) is 0 Å². The molecule has 0 aliphatic carbocycles. The molecular formula is C22H19NO5S. The Labute approximate surface area is 172 Å². The van der Waals surface area contributed by atoms with E-state index in [-0.39, 0.29) is 25.3 Å². The van der Waals surface area contributed by atoms with E-state index in [1.807, 2.05) is 66.9 Å². The Morgan fingerprint density at radius 1 is 1.10 bits per heavy atom. The Bertz CT molecular complexity index is 1030. The van der Waals surface area contributed by atoms with E-state index in [1.54, 1.807) is 0 Å². The fourth-order valence-corrected chi connectivity index (χ4v) is 3.87. The van der Waals surface area contributed by atoms with Crippen molar-refractivity contribution in [3.05, 3.63) is 70.4 Å². The van der Waals surface area contributed by atoms with E-state index in [2.05, 4.69) is 5.32 Å². The van der Waals surface area contributed by atoms with E-state index in [9.17, 15) is 9.59 Å². The van der Waals surface area contributed by atoms with Gasteiger partial charge in [-0.15, -0.1) is 11.3 Å². The maximum Gasteiger partial charge on any atom is 0.349 e. The summed E-state index contributed by atoms with van der Waals surface area (Å²) in [6, 6.07) is 16.7. The van der Waals surface area contributed by atoms with Gasteiger partial charge in [0, 0.05) is 5.56 Å². The van der Waals surface area contributed by atoms with Gasteiger partial charge in [0.2, 0.25) is 6.79 Å². The van der Waals surface area contributed by atoms with Gasteiger partial charge >= 0.3 is 5.97 Å². The lowest BCUT2D eigenvalue weighted by Crippen LogP contribution is -2.31. The van der Waals surface area contributed by atoms with Crippen LogP contribution in [-0.2, 0) is 9.53 Å². The minimum atomic E-state index is -0.510. The Morgan fingerprint density at radius 3 is 2.72 bits per heavy atom. The van der Waals surface area contributed by atoms with E-state index in [0.29, 0.717) is 16.4 Å². The van der Waals surface area contributed by atoms with Gasteiger partial charge in [-0.2, -0.15) is 0 Å². The highest BCUT2D eigenvalue weighted by Crippen LogP contribution is 2.34. The number of ether oxygens (including phenoxy) is 3. The molecule has 29 heavy (non-hydrogen) atoms. The molecule has 0 saturated carbocycles. The first-order chi connectivity index (χ1) is 14.1. The SMILES string of the molecule is CC(NC(=O)COC(=O)c1sccc1-c1ccccc1)c1ccc2c(c1)OCO2. The van der Waals surface area contributed by atoms with Crippen LogP contribution in [0.2, 0.25) is 0 Å². The topological polar surface area (TPSA) is 73.9 Å². The van der Waals surface area contributed by atoms with Crippen molar-refractivity contribution in [2.75, 3.05) is 13.4 Å². The van der Waals surface area contributed by atoms with Crippen molar-refractivity contribution in [1.82, 2.24) is 5.32 Å². The first-order valence-corrected chi connectivity index (χ1v) is 9.99. The van der Waals surface area contributed by atoms with Crippen molar-refractivity contribution in [2.45, 2.75) is 13.0 Å². The second-order valence-electron chi connectivity index (χ2n) is 6.51. The number of carbonyl (C=O) groups excluding carboxylic acids is 2. The summed E-state index contributed by atoms with van der Waals surface area (Å²) >= 11 is 1.29. The van der Waals surface area contributed by atoms with Crippen molar-refractivity contribution in [1.29, 1.82) is 0 Å². The lowest BCUT2D eigenvalue weighted by molar-refractivity contribution is -0.124. The number of hydrogen-bond acceptors (Lipinski definition) is 6. The molecule has 0 spiro atoms. The highest BCUT2D eigenvalue weighted by Gasteiger charge is 2.19. The second-order valence-corrected chi connectivity index (χ2v) is 7.42. The second kappa shape index (κ2) is 8.36. The van der Waals surface area contributed by atoms with Gasteiger partial charge in [0.15, 0.2) is 18.1 Å². The van der Waals surface area contributed by atoms with Crippen molar-refractivity contribution >= 4 is 23.2 Å². The van der Waals surface area contributed by atoms with Crippen LogP contribution in [0.1, 0.15) is 28.2 Å². The molecule has 1 N–H and O–H groups in total. The third-order valence-corrected chi connectivity index (χ3v) is 5.44. The van der Waals surface area contributed by atoms with Crippen molar-refractivity contribution in [2.24, 2.45) is 0 Å². The summed E-state index contributed by atoms with van der Waals surface area (Å²) in [6.07, 6.45) is 0. The molecule has 7 heteroatoms. The summed E-state index contributed by atoms with van der Waals surface area (Å²) in [6.45, 7) is 1.70. The van der Waals surface area contributed by atoms with Crippen LogP contribution >= 0.6 is 11.3 Å². The number of fused-ring (bicyclic) bond motifs is 1. The number of nitrogens with one attached hydrogen (secondary N) is 1. The van der Waals surface area contributed by atoms with E-state index in [4.69, 9.17) is 14.2 Å². The maximum absolute atomic E-state index is 12.5. The molecule has 1 aromatic heterocycles. The predicted octanol–water partition coefficient (Wildman–Crippen LogP) is 4.18. The zero-order valence-electron chi connectivity index (χ0n) is 15.7. The van der Waals surface area contributed by atoms with Crippen molar-refractivity contribution in [3.63, 3.8) is 0 Å². The van der Waals surface area contributed by atoms with Crippen LogP contribution < -0.4 is 14.8 Å². The lowest BCUT2D eigenvalue weighted by atomic mass is 10.1. The Kier molecular flexibility index (Phi) is 5.48. The largest absolute Gasteiger partial charge is 0.454 e. The van der Waals surface area contributed by atoms with E-state index < -0.39 is 5.97 Å². The summed E-state index contributed by atoms with van der Waals surface area (Å²) in [5, 5.41) is 4.66. The van der Waals surface area contributed by atoms with Crippen LogP contribution in [0.15, 0.2) is 60.0 Å². The molecule has 2 aromatic carbocycles. The normalized spacial score (nSPS) is 13.0. The number of benzene rings is 2. The van der Waals surface area contributed by atoms with Gasteiger partial charge in [-0.25, -0.2) is 4.79 Å². The van der Waals surface area contributed by atoms with Gasteiger partial charge in [0.1, 0.15) is 4.88 Å². The highest BCUT2D eigenvalue weighted by atomic mass is 32.1. The first-order valence-electron chi connectivity index (χ1n) is 9.11. The van der Waals surface area contributed by atoms with Gasteiger partial charge < -0.3 is 19.5 Å². The fraction of sp³-hybridized carbons (Fsp3) is 0.182. The van der Waals surface area contributed by atoms with Crippen LogP contribution in [0.4, 0.5) is 0 Å². The maximum atomic E-state index is 12.5. The number of esters is 1. The minimum absolute atomic E-state index is 0.198. The zero-order chi connectivity index (χ0) is 20.2. The Balaban J connectivity index is 1.34. The van der Waals surface area contributed by atoms with E-state index in [1.165, 1.54) is 11.3 Å². The smallest absolute Gasteiger partial charge is 0.349 e. The average molecular weight is 409 g/mol. The molecule has 6 nitrogen and oxygen atoms in total. The summed E-state index contributed by atoms with van der Waals surface area (Å²) in [5.41, 5.74) is 2.61. The molecule has 0 radical (unpaired) electrons. The van der Waals surface area contributed by atoms with Gasteiger partial charge in [-0.3, -0.25) is 4.79 Å². The van der Waals surface area contributed by atoms with Crippen LogP contribution in [-0.4, -0.2) is 25.3 Å². The molecule has 2 heterocycles. The standard InChI is InChI=1S/C22H19NO5S/c1-14(16-7-8-18-19(11-16)28-13-27-18)23-20(24)12-26-22(25)21-17(9-10-29-21)15-5-3-2-4-6-15/h2-11,14H,12-13H2,1H3,(H,23,24). The molecule has 0 saturated heterocycles. The van der Waals surface area contributed by atoms with Gasteiger partial charge in [-0.05, 0) is 41.6 Å². The number of carbonyl (C=O) groups is 2. The first kappa shape index (κ1) is 19.0. The van der Waals surface area contributed by atoms with Crippen LogP contribution in [0.3, 0.4) is 0 Å². The van der Waals surface area contributed by atoms with Gasteiger partial charge in [0.25, 0.3) is 5.91 Å². The third-order valence-electron chi connectivity index (χ3n) is 4.54. The van der Waals surface area contributed by atoms with Crippen molar-refractivity contribution < 1.29 is 23.8 Å². The molecular weight excluding hydrogens is 390 g/mol. The number of rotatable bonds is 6. The summed E-state index contributed by atoms with van der Waals surface area (Å²) in [5.74, 6) is 0.457. The molecule has 1 aliphatic heterocycles. The van der Waals surface area contributed by atoms with E-state index in [0.717, 1.165) is 16.7 Å². The minimum Gasteiger partial charge on any atom is -0.454 e. The molecule has 1 atom stereocenters. The lowest BCUT2D eigenvalue weighted by Gasteiger charge is -2.15. The monoisotopic (exact) mass is 409 g/mol. The molecule has 3 aromatic rings. The molecule has 148 valence electrons. The van der Waals surface area contributed by atoms with Gasteiger partial charge in [-0.1, -0.05) is 36.4 Å². The summed E-state index contributed by atoms with van der Waals surface area (Å²) < 4.78 is 15.9. The average Bonchev–Trinajstić information content (AvgIpc) is 3.41. The summed E-state index contributed by atoms with van der Waals surface area (Å²) in [4.78, 5) is 25.2. The predicted molar refractivity (Wildman–Crippen MR) is 109 cm³/mol. The third kappa shape index (κ3) is 4.25. The molecule has 1 amide bonds. The number of hydrogen-bond donors (Lipinski definition) is 1. The molecule has 0 bridgehead atoms. The highest BCUT2D eigenvalue weighted by molar-refractivity contribution is 7.12. The van der Waals surface area contributed by atoms with Crippen LogP contribution in [0.5, 0.6) is 11.5 Å². The fourth-order valence-electron chi connectivity index (χ4n) is 3.06. The Hall–Kier alpha value is -3.32.